The minimum Gasteiger partial charge on any atom is -0.495 e. The Morgan fingerprint density at radius 1 is 1.30 bits per heavy atom. The third-order valence-electron chi connectivity index (χ3n) is 3.90. The molecule has 1 aliphatic rings. The van der Waals surface area contributed by atoms with E-state index in [1.165, 1.54) is 11.8 Å². The minimum atomic E-state index is -0.190. The normalized spacial score (nSPS) is 15.2. The van der Waals surface area contributed by atoms with Crippen molar-refractivity contribution < 1.29 is 9.53 Å². The van der Waals surface area contributed by atoms with E-state index in [4.69, 9.17) is 16.3 Å². The van der Waals surface area contributed by atoms with Gasteiger partial charge in [0.15, 0.2) is 5.17 Å². The lowest BCUT2D eigenvalue weighted by Gasteiger charge is -2.18. The second-order valence-corrected chi connectivity index (χ2v) is 7.29. The van der Waals surface area contributed by atoms with Gasteiger partial charge in [0.05, 0.1) is 17.8 Å². The highest BCUT2D eigenvalue weighted by molar-refractivity contribution is 8.14. The number of benzene rings is 2. The van der Waals surface area contributed by atoms with E-state index in [0.29, 0.717) is 33.1 Å². The predicted molar refractivity (Wildman–Crippen MR) is 115 cm³/mol. The number of hydrogen-bond acceptors (Lipinski definition) is 4. The van der Waals surface area contributed by atoms with Gasteiger partial charge in [-0.2, -0.15) is 0 Å². The Morgan fingerprint density at radius 2 is 2.11 bits per heavy atom. The third-order valence-corrected chi connectivity index (χ3v) is 5.13. The van der Waals surface area contributed by atoms with Crippen LogP contribution in [0.2, 0.25) is 5.02 Å². The van der Waals surface area contributed by atoms with Crippen molar-refractivity contribution in [2.45, 2.75) is 6.92 Å². The Bertz CT molecular complexity index is 953. The van der Waals surface area contributed by atoms with Gasteiger partial charge in [0.2, 0.25) is 0 Å². The van der Waals surface area contributed by atoms with Crippen molar-refractivity contribution in [3.63, 3.8) is 0 Å². The van der Waals surface area contributed by atoms with Crippen molar-refractivity contribution >= 4 is 46.2 Å². The molecule has 0 spiro atoms. The molecule has 0 fully saturated rings. The molecule has 0 radical (unpaired) electrons. The maximum atomic E-state index is 13.1. The van der Waals surface area contributed by atoms with E-state index in [1.807, 2.05) is 31.2 Å². The number of thioether (sulfide) groups is 1. The van der Waals surface area contributed by atoms with Gasteiger partial charge in [0, 0.05) is 5.75 Å². The standard InChI is InChI=1S/C21H19ClN2O2S/c1-4-10-27-21-23-18(12-15-7-5-6-14(2)11-15)20(25)24(21)16-8-9-19(26-3)17(22)13-16/h4-9,11-13H,1,10H2,2-3H3. The number of nitrogens with zero attached hydrogens (tertiary/aromatic N) is 2. The number of halogens is 1. The summed E-state index contributed by atoms with van der Waals surface area (Å²) in [6.45, 7) is 5.75. The zero-order valence-electron chi connectivity index (χ0n) is 15.1. The fourth-order valence-corrected chi connectivity index (χ4v) is 3.67. The zero-order chi connectivity index (χ0) is 19.4. The molecule has 2 aromatic carbocycles. The van der Waals surface area contributed by atoms with Crippen LogP contribution in [0, 0.1) is 6.92 Å². The number of carbonyl (C=O) groups excluding carboxylic acids is 1. The molecule has 2 aromatic rings. The van der Waals surface area contributed by atoms with Crippen molar-refractivity contribution in [3.8, 4) is 5.75 Å². The second-order valence-electron chi connectivity index (χ2n) is 5.90. The molecule has 6 heteroatoms. The van der Waals surface area contributed by atoms with Gasteiger partial charge in [-0.25, -0.2) is 4.99 Å². The molecule has 0 saturated heterocycles. The smallest absolute Gasteiger partial charge is 0.283 e. The number of methoxy groups -OCH3 is 1. The molecule has 0 unspecified atom stereocenters. The fourth-order valence-electron chi connectivity index (χ4n) is 2.67. The lowest BCUT2D eigenvalue weighted by Crippen LogP contribution is -2.30. The van der Waals surface area contributed by atoms with Gasteiger partial charge in [0.1, 0.15) is 11.4 Å². The molecule has 1 heterocycles. The molecule has 138 valence electrons. The summed E-state index contributed by atoms with van der Waals surface area (Å²) in [6.07, 6.45) is 3.58. The predicted octanol–water partition coefficient (Wildman–Crippen LogP) is 5.32. The first kappa shape index (κ1) is 19.3. The van der Waals surface area contributed by atoms with Crippen LogP contribution >= 0.6 is 23.4 Å². The largest absolute Gasteiger partial charge is 0.495 e. The Kier molecular flexibility index (Phi) is 6.04. The van der Waals surface area contributed by atoms with Crippen molar-refractivity contribution in [2.24, 2.45) is 4.99 Å². The number of ether oxygens (including phenoxy) is 1. The molecule has 27 heavy (non-hydrogen) atoms. The Morgan fingerprint density at radius 3 is 2.78 bits per heavy atom. The molecule has 0 bridgehead atoms. The van der Waals surface area contributed by atoms with Crippen molar-refractivity contribution in [1.82, 2.24) is 0 Å². The molecule has 4 nitrogen and oxygen atoms in total. The summed E-state index contributed by atoms with van der Waals surface area (Å²) in [7, 11) is 1.55. The number of carbonyl (C=O) groups is 1. The topological polar surface area (TPSA) is 41.9 Å². The summed E-state index contributed by atoms with van der Waals surface area (Å²) in [5, 5.41) is 1.03. The van der Waals surface area contributed by atoms with Crippen LogP contribution in [-0.4, -0.2) is 23.9 Å². The van der Waals surface area contributed by atoms with Gasteiger partial charge in [-0.05, 0) is 36.8 Å². The van der Waals surface area contributed by atoms with E-state index in [2.05, 4.69) is 11.6 Å². The van der Waals surface area contributed by atoms with E-state index in [9.17, 15) is 4.79 Å². The first-order chi connectivity index (χ1) is 13.0. The summed E-state index contributed by atoms with van der Waals surface area (Å²) in [4.78, 5) is 19.2. The third kappa shape index (κ3) is 4.26. The summed E-state index contributed by atoms with van der Waals surface area (Å²) < 4.78 is 5.20. The van der Waals surface area contributed by atoms with Crippen LogP contribution in [0.3, 0.4) is 0 Å². The van der Waals surface area contributed by atoms with Crippen LogP contribution in [0.25, 0.3) is 6.08 Å². The van der Waals surface area contributed by atoms with E-state index in [0.717, 1.165) is 11.1 Å². The molecular formula is C21H19ClN2O2S. The minimum absolute atomic E-state index is 0.190. The van der Waals surface area contributed by atoms with Crippen LogP contribution in [0.1, 0.15) is 11.1 Å². The molecule has 0 aromatic heterocycles. The van der Waals surface area contributed by atoms with Gasteiger partial charge in [-0.3, -0.25) is 9.69 Å². The van der Waals surface area contributed by atoms with Gasteiger partial charge in [0.25, 0.3) is 5.91 Å². The van der Waals surface area contributed by atoms with Crippen molar-refractivity contribution in [1.29, 1.82) is 0 Å². The highest BCUT2D eigenvalue weighted by atomic mass is 35.5. The number of amidine groups is 1. The van der Waals surface area contributed by atoms with Crippen LogP contribution in [0.5, 0.6) is 5.75 Å². The average molecular weight is 399 g/mol. The fraction of sp³-hybridized carbons (Fsp3) is 0.143. The first-order valence-electron chi connectivity index (χ1n) is 8.32. The van der Waals surface area contributed by atoms with Crippen LogP contribution in [0.4, 0.5) is 5.69 Å². The SMILES string of the molecule is C=CCSC1=NC(=Cc2cccc(C)c2)C(=O)N1c1ccc(OC)c(Cl)c1. The maximum Gasteiger partial charge on any atom is 0.283 e. The van der Waals surface area contributed by atoms with Crippen LogP contribution in [-0.2, 0) is 4.79 Å². The van der Waals surface area contributed by atoms with E-state index in [1.54, 1.807) is 42.4 Å². The summed E-state index contributed by atoms with van der Waals surface area (Å²) in [6, 6.07) is 13.2. The average Bonchev–Trinajstić information content (AvgIpc) is 2.95. The highest BCUT2D eigenvalue weighted by Crippen LogP contribution is 2.34. The van der Waals surface area contributed by atoms with E-state index < -0.39 is 0 Å². The second kappa shape index (κ2) is 8.46. The number of amides is 1. The Labute approximate surface area is 168 Å². The molecule has 1 amide bonds. The number of aryl methyl sites for hydroxylation is 1. The van der Waals surface area contributed by atoms with Gasteiger partial charge < -0.3 is 4.74 Å². The highest BCUT2D eigenvalue weighted by Gasteiger charge is 2.32. The monoisotopic (exact) mass is 398 g/mol. The quantitative estimate of drug-likeness (QED) is 0.505. The van der Waals surface area contributed by atoms with Gasteiger partial charge in [-0.1, -0.05) is 59.3 Å². The lowest BCUT2D eigenvalue weighted by atomic mass is 10.1. The molecule has 0 N–H and O–H groups in total. The lowest BCUT2D eigenvalue weighted by molar-refractivity contribution is -0.113. The molecule has 0 atom stereocenters. The molecule has 0 saturated carbocycles. The summed E-state index contributed by atoms with van der Waals surface area (Å²) in [5.41, 5.74) is 3.09. The van der Waals surface area contributed by atoms with Crippen LogP contribution < -0.4 is 9.64 Å². The first-order valence-corrected chi connectivity index (χ1v) is 9.68. The maximum absolute atomic E-state index is 13.1. The Hall–Kier alpha value is -2.50. The molecule has 1 aliphatic heterocycles. The molecule has 0 aliphatic carbocycles. The number of anilines is 1. The number of aliphatic imine (C=N–C) groups is 1. The number of rotatable bonds is 5. The van der Waals surface area contributed by atoms with Gasteiger partial charge >= 0.3 is 0 Å². The summed E-state index contributed by atoms with van der Waals surface area (Å²) >= 11 is 7.70. The van der Waals surface area contributed by atoms with Crippen molar-refractivity contribution in [2.75, 3.05) is 17.8 Å². The van der Waals surface area contributed by atoms with Crippen LogP contribution in [0.15, 0.2) is 65.8 Å². The van der Waals surface area contributed by atoms with E-state index in [-0.39, 0.29) is 5.91 Å². The number of hydrogen-bond donors (Lipinski definition) is 0. The molecular weight excluding hydrogens is 380 g/mol. The molecule has 3 rings (SSSR count). The van der Waals surface area contributed by atoms with Gasteiger partial charge in [-0.15, -0.1) is 6.58 Å². The zero-order valence-corrected chi connectivity index (χ0v) is 16.7. The Balaban J connectivity index is 2.00. The van der Waals surface area contributed by atoms with E-state index >= 15 is 0 Å². The summed E-state index contributed by atoms with van der Waals surface area (Å²) in [5.74, 6) is 1.01. The van der Waals surface area contributed by atoms with Crippen molar-refractivity contribution in [3.05, 3.63) is 77.0 Å².